The molecule has 1 N–H and O–H groups in total. The molecular formula is C12H11Cl2NO2. The van der Waals surface area contributed by atoms with Crippen LogP contribution in [0.3, 0.4) is 0 Å². The summed E-state index contributed by atoms with van der Waals surface area (Å²) in [5.74, 6) is -0.898. The summed E-state index contributed by atoms with van der Waals surface area (Å²) in [6, 6.07) is 5.15. The van der Waals surface area contributed by atoms with Gasteiger partial charge >= 0.3 is 5.97 Å². The summed E-state index contributed by atoms with van der Waals surface area (Å²) in [5.41, 5.74) is 3.76. The first-order valence-electron chi connectivity index (χ1n) is 5.17. The minimum absolute atomic E-state index is 0.324. The molecule has 0 aromatic heterocycles. The highest BCUT2D eigenvalue weighted by Crippen LogP contribution is 2.29. The molecule has 0 atom stereocenters. The van der Waals surface area contributed by atoms with Gasteiger partial charge in [0.25, 0.3) is 0 Å². The Morgan fingerprint density at radius 3 is 2.94 bits per heavy atom. The molecule has 0 radical (unpaired) electrons. The summed E-state index contributed by atoms with van der Waals surface area (Å²) in [5, 5.41) is 9.48. The largest absolute Gasteiger partial charge is 0.478 e. The zero-order valence-corrected chi connectivity index (χ0v) is 10.5. The third-order valence-electron chi connectivity index (χ3n) is 2.78. The molecular weight excluding hydrogens is 261 g/mol. The normalized spacial score (nSPS) is 14.9. The van der Waals surface area contributed by atoms with Gasteiger partial charge < -0.3 is 10.0 Å². The summed E-state index contributed by atoms with van der Waals surface area (Å²) in [7, 11) is 0. The number of halogens is 2. The molecule has 0 aliphatic carbocycles. The highest BCUT2D eigenvalue weighted by molar-refractivity contribution is 6.36. The Labute approximate surface area is 109 Å². The highest BCUT2D eigenvalue weighted by Gasteiger charge is 2.20. The third kappa shape index (κ3) is 2.56. The highest BCUT2D eigenvalue weighted by atomic mass is 35.5. The molecule has 17 heavy (non-hydrogen) atoms. The number of carboxylic acids is 1. The second kappa shape index (κ2) is 4.98. The van der Waals surface area contributed by atoms with E-state index >= 15 is 0 Å². The Morgan fingerprint density at radius 2 is 2.29 bits per heavy atom. The molecule has 0 unspecified atom stereocenters. The SMILES string of the molecule is O=C(O)c1ccc2c(c1)CCN2C/C(Cl)=C/Cl. The minimum Gasteiger partial charge on any atom is -0.478 e. The van der Waals surface area contributed by atoms with E-state index in [1.54, 1.807) is 12.1 Å². The van der Waals surface area contributed by atoms with Gasteiger partial charge in [-0.2, -0.15) is 0 Å². The molecule has 0 bridgehead atoms. The molecule has 2 rings (SSSR count). The smallest absolute Gasteiger partial charge is 0.335 e. The van der Waals surface area contributed by atoms with E-state index in [-0.39, 0.29) is 0 Å². The number of carbonyl (C=O) groups is 1. The van der Waals surface area contributed by atoms with Crippen LogP contribution in [0.1, 0.15) is 15.9 Å². The van der Waals surface area contributed by atoms with Gasteiger partial charge in [-0.1, -0.05) is 23.2 Å². The molecule has 0 saturated carbocycles. The Hall–Kier alpha value is -1.19. The van der Waals surface area contributed by atoms with Crippen LogP contribution in [-0.2, 0) is 6.42 Å². The monoisotopic (exact) mass is 271 g/mol. The Morgan fingerprint density at radius 1 is 1.53 bits per heavy atom. The van der Waals surface area contributed by atoms with Gasteiger partial charge in [-0.15, -0.1) is 0 Å². The number of carboxylic acid groups (broad SMARTS) is 1. The van der Waals surface area contributed by atoms with Crippen molar-refractivity contribution < 1.29 is 9.90 Å². The summed E-state index contributed by atoms with van der Waals surface area (Å²) in [6.45, 7) is 1.39. The van der Waals surface area contributed by atoms with Gasteiger partial charge in [-0.05, 0) is 30.2 Å². The summed E-state index contributed by atoms with van der Waals surface area (Å²) < 4.78 is 0. The Kier molecular flexibility index (Phi) is 3.60. The van der Waals surface area contributed by atoms with Crippen molar-refractivity contribution in [3.05, 3.63) is 39.9 Å². The van der Waals surface area contributed by atoms with E-state index in [4.69, 9.17) is 28.3 Å². The van der Waals surface area contributed by atoms with E-state index in [2.05, 4.69) is 4.90 Å². The molecule has 1 heterocycles. The molecule has 1 aromatic rings. The maximum Gasteiger partial charge on any atom is 0.335 e. The topological polar surface area (TPSA) is 40.5 Å². The van der Waals surface area contributed by atoms with Crippen LogP contribution < -0.4 is 4.90 Å². The molecule has 5 heteroatoms. The lowest BCUT2D eigenvalue weighted by molar-refractivity contribution is 0.0697. The maximum atomic E-state index is 10.8. The number of fused-ring (bicyclic) bond motifs is 1. The van der Waals surface area contributed by atoms with Gasteiger partial charge in [0.1, 0.15) is 0 Å². The van der Waals surface area contributed by atoms with E-state index in [0.717, 1.165) is 24.2 Å². The molecule has 3 nitrogen and oxygen atoms in total. The van der Waals surface area contributed by atoms with Crippen molar-refractivity contribution in [2.75, 3.05) is 18.0 Å². The van der Waals surface area contributed by atoms with Crippen molar-refractivity contribution in [2.24, 2.45) is 0 Å². The van der Waals surface area contributed by atoms with Crippen LogP contribution in [0.25, 0.3) is 0 Å². The molecule has 0 spiro atoms. The summed E-state index contributed by atoms with van der Waals surface area (Å²) in [6.07, 6.45) is 0.836. The van der Waals surface area contributed by atoms with Crippen molar-refractivity contribution in [1.29, 1.82) is 0 Å². The lowest BCUT2D eigenvalue weighted by Gasteiger charge is -2.18. The summed E-state index contributed by atoms with van der Waals surface area (Å²) in [4.78, 5) is 12.9. The zero-order valence-electron chi connectivity index (χ0n) is 8.99. The number of nitrogens with zero attached hydrogens (tertiary/aromatic N) is 1. The van der Waals surface area contributed by atoms with Gasteiger partial charge in [0.15, 0.2) is 0 Å². The van der Waals surface area contributed by atoms with Crippen molar-refractivity contribution in [3.63, 3.8) is 0 Å². The van der Waals surface area contributed by atoms with E-state index in [1.807, 2.05) is 6.07 Å². The predicted octanol–water partition coefficient (Wildman–Crippen LogP) is 3.07. The van der Waals surface area contributed by atoms with Crippen LogP contribution in [0.4, 0.5) is 5.69 Å². The van der Waals surface area contributed by atoms with Crippen LogP contribution in [0.5, 0.6) is 0 Å². The Bertz CT molecular complexity index is 485. The number of rotatable bonds is 3. The van der Waals surface area contributed by atoms with E-state index in [9.17, 15) is 4.79 Å². The van der Waals surface area contributed by atoms with Crippen LogP contribution in [-0.4, -0.2) is 24.2 Å². The van der Waals surface area contributed by atoms with Crippen molar-refractivity contribution in [2.45, 2.75) is 6.42 Å². The zero-order chi connectivity index (χ0) is 12.4. The lowest BCUT2D eigenvalue weighted by Crippen LogP contribution is -2.21. The van der Waals surface area contributed by atoms with Gasteiger partial charge in [0.2, 0.25) is 0 Å². The first-order chi connectivity index (χ1) is 8.11. The average Bonchev–Trinajstić information content (AvgIpc) is 2.71. The van der Waals surface area contributed by atoms with Crippen molar-refractivity contribution in [1.82, 2.24) is 0 Å². The molecule has 1 aliphatic heterocycles. The molecule has 90 valence electrons. The predicted molar refractivity (Wildman–Crippen MR) is 69.1 cm³/mol. The second-order valence-electron chi connectivity index (χ2n) is 3.88. The van der Waals surface area contributed by atoms with E-state index in [0.29, 0.717) is 17.1 Å². The fraction of sp³-hybridized carbons (Fsp3) is 0.250. The van der Waals surface area contributed by atoms with Gasteiger partial charge in [-0.3, -0.25) is 0 Å². The molecule has 1 aliphatic rings. The standard InChI is InChI=1S/C12H11Cl2NO2/c13-6-10(14)7-15-4-3-8-5-9(12(16)17)1-2-11(8)15/h1-2,5-6H,3-4,7H2,(H,16,17)/b10-6-. The first kappa shape index (κ1) is 12.3. The molecule has 0 saturated heterocycles. The maximum absolute atomic E-state index is 10.8. The van der Waals surface area contributed by atoms with Crippen LogP contribution in [0.15, 0.2) is 28.8 Å². The van der Waals surface area contributed by atoms with E-state index in [1.165, 1.54) is 5.54 Å². The fourth-order valence-corrected chi connectivity index (χ4v) is 2.20. The molecule has 0 amide bonds. The number of hydrogen-bond acceptors (Lipinski definition) is 2. The Balaban J connectivity index is 2.25. The van der Waals surface area contributed by atoms with Crippen molar-refractivity contribution in [3.8, 4) is 0 Å². The fourth-order valence-electron chi connectivity index (χ4n) is 1.98. The van der Waals surface area contributed by atoms with Gasteiger partial charge in [0.05, 0.1) is 12.1 Å². The minimum atomic E-state index is -0.898. The number of benzene rings is 1. The number of aromatic carboxylic acids is 1. The molecule has 1 aromatic carbocycles. The summed E-state index contributed by atoms with van der Waals surface area (Å²) >= 11 is 11.4. The van der Waals surface area contributed by atoms with Crippen LogP contribution in [0.2, 0.25) is 0 Å². The second-order valence-corrected chi connectivity index (χ2v) is 4.58. The van der Waals surface area contributed by atoms with Crippen molar-refractivity contribution >= 4 is 34.9 Å². The first-order valence-corrected chi connectivity index (χ1v) is 5.99. The third-order valence-corrected chi connectivity index (χ3v) is 3.38. The van der Waals surface area contributed by atoms with Gasteiger partial charge in [-0.25, -0.2) is 4.79 Å². The molecule has 0 fully saturated rings. The van der Waals surface area contributed by atoms with Crippen LogP contribution >= 0.6 is 23.2 Å². The lowest BCUT2D eigenvalue weighted by atomic mass is 10.1. The number of anilines is 1. The number of hydrogen-bond donors (Lipinski definition) is 1. The van der Waals surface area contributed by atoms with Crippen LogP contribution in [0, 0.1) is 0 Å². The quantitative estimate of drug-likeness (QED) is 0.919. The average molecular weight is 272 g/mol. The van der Waals surface area contributed by atoms with Gasteiger partial charge in [0, 0.05) is 22.8 Å². The van der Waals surface area contributed by atoms with E-state index < -0.39 is 5.97 Å².